The predicted molar refractivity (Wildman–Crippen MR) is 71.0 cm³/mol. The monoisotopic (exact) mass is 286 g/mol. The van der Waals surface area contributed by atoms with Crippen molar-refractivity contribution in [3.63, 3.8) is 0 Å². The van der Waals surface area contributed by atoms with E-state index in [9.17, 15) is 4.79 Å². The van der Waals surface area contributed by atoms with Gasteiger partial charge >= 0.3 is 5.97 Å². The second kappa shape index (κ2) is 7.15. The molecule has 3 nitrogen and oxygen atoms in total. The maximum atomic E-state index is 11.4. The lowest BCUT2D eigenvalue weighted by Crippen LogP contribution is -2.19. The number of carbonyl (C=O) groups excluding carboxylic acids is 1. The summed E-state index contributed by atoms with van der Waals surface area (Å²) in [5.41, 5.74) is 0. The van der Waals surface area contributed by atoms with Gasteiger partial charge in [-0.25, -0.2) is 4.79 Å². The highest BCUT2D eigenvalue weighted by atomic mass is 35.5. The lowest BCUT2D eigenvalue weighted by atomic mass is 10.3. The van der Waals surface area contributed by atoms with Gasteiger partial charge in [-0.05, 0) is 32.0 Å². The minimum absolute atomic E-state index is 0.225. The summed E-state index contributed by atoms with van der Waals surface area (Å²) in [5.74, 6) is 5.24. The number of benzene rings is 1. The molecule has 0 saturated heterocycles. The van der Waals surface area contributed by atoms with Crippen molar-refractivity contribution in [2.75, 3.05) is 6.61 Å². The molecule has 0 fully saturated rings. The Kier molecular flexibility index (Phi) is 5.84. The van der Waals surface area contributed by atoms with E-state index >= 15 is 0 Å². The van der Waals surface area contributed by atoms with Gasteiger partial charge in [0.2, 0.25) is 0 Å². The highest BCUT2D eigenvalue weighted by Crippen LogP contribution is 2.27. The second-order valence-electron chi connectivity index (χ2n) is 3.39. The van der Waals surface area contributed by atoms with Crippen molar-refractivity contribution in [2.24, 2.45) is 0 Å². The van der Waals surface area contributed by atoms with Crippen LogP contribution in [0.1, 0.15) is 13.8 Å². The summed E-state index contributed by atoms with van der Waals surface area (Å²) in [6.07, 6.45) is -0.452. The fourth-order valence-electron chi connectivity index (χ4n) is 1.19. The van der Waals surface area contributed by atoms with Crippen LogP contribution < -0.4 is 4.74 Å². The van der Waals surface area contributed by atoms with Gasteiger partial charge in [0.05, 0.1) is 5.02 Å². The van der Waals surface area contributed by atoms with E-state index in [2.05, 4.69) is 11.8 Å². The number of halogens is 2. The lowest BCUT2D eigenvalue weighted by molar-refractivity contribution is -0.148. The minimum Gasteiger partial charge on any atom is -0.480 e. The van der Waals surface area contributed by atoms with Crippen molar-refractivity contribution >= 4 is 29.2 Å². The summed E-state index contributed by atoms with van der Waals surface area (Å²) in [4.78, 5) is 11.4. The molecule has 1 atom stereocenters. The van der Waals surface area contributed by atoms with Crippen LogP contribution in [0.2, 0.25) is 10.0 Å². The van der Waals surface area contributed by atoms with E-state index < -0.39 is 12.1 Å². The fourth-order valence-corrected chi connectivity index (χ4v) is 1.66. The first-order valence-corrected chi connectivity index (χ1v) is 5.98. The summed E-state index contributed by atoms with van der Waals surface area (Å²) < 4.78 is 10.2. The first-order chi connectivity index (χ1) is 8.52. The Balaban J connectivity index is 2.49. The number of esters is 1. The molecule has 0 aromatic heterocycles. The van der Waals surface area contributed by atoms with Gasteiger partial charge in [-0.1, -0.05) is 29.1 Å². The summed E-state index contributed by atoms with van der Waals surface area (Å²) in [6.45, 7) is 3.13. The molecule has 1 rings (SSSR count). The molecule has 0 N–H and O–H groups in total. The molecule has 1 aromatic carbocycles. The van der Waals surface area contributed by atoms with E-state index in [1.54, 1.807) is 26.0 Å². The second-order valence-corrected chi connectivity index (χ2v) is 4.23. The predicted octanol–water partition coefficient (Wildman–Crippen LogP) is 3.33. The molecule has 18 heavy (non-hydrogen) atoms. The summed E-state index contributed by atoms with van der Waals surface area (Å²) in [5, 5.41) is 0.846. The van der Waals surface area contributed by atoms with Gasteiger partial charge in [-0.3, -0.25) is 0 Å². The van der Waals surface area contributed by atoms with Crippen molar-refractivity contribution in [2.45, 2.75) is 20.0 Å². The van der Waals surface area contributed by atoms with Crippen LogP contribution in [-0.4, -0.2) is 18.7 Å². The van der Waals surface area contributed by atoms with Crippen LogP contribution in [0, 0.1) is 11.8 Å². The molecule has 0 amide bonds. The minimum atomic E-state index is -0.503. The van der Waals surface area contributed by atoms with E-state index in [0.29, 0.717) is 15.8 Å². The van der Waals surface area contributed by atoms with Crippen LogP contribution in [-0.2, 0) is 9.53 Å². The average molecular weight is 287 g/mol. The molecule has 0 aliphatic carbocycles. The molecule has 0 aliphatic rings. The third-order valence-corrected chi connectivity index (χ3v) is 2.43. The molecule has 0 bridgehead atoms. The quantitative estimate of drug-likeness (QED) is 0.629. The summed E-state index contributed by atoms with van der Waals surface area (Å²) >= 11 is 11.6. The Hall–Kier alpha value is -1.37. The van der Waals surface area contributed by atoms with E-state index in [-0.39, 0.29) is 6.61 Å². The topological polar surface area (TPSA) is 35.5 Å². The number of ether oxygens (including phenoxy) is 2. The van der Waals surface area contributed by atoms with Gasteiger partial charge in [0.25, 0.3) is 0 Å². The Labute approximate surface area is 116 Å². The van der Waals surface area contributed by atoms with Crippen molar-refractivity contribution in [1.29, 1.82) is 0 Å². The van der Waals surface area contributed by atoms with Crippen LogP contribution in [0.15, 0.2) is 18.2 Å². The van der Waals surface area contributed by atoms with Crippen LogP contribution in [0.3, 0.4) is 0 Å². The third kappa shape index (κ3) is 4.87. The van der Waals surface area contributed by atoms with Crippen molar-refractivity contribution in [3.8, 4) is 17.6 Å². The molecule has 1 unspecified atom stereocenters. The fraction of sp³-hybridized carbons (Fsp3) is 0.308. The van der Waals surface area contributed by atoms with Gasteiger partial charge in [0.1, 0.15) is 5.75 Å². The molecule has 0 radical (unpaired) electrons. The average Bonchev–Trinajstić information content (AvgIpc) is 2.28. The Morgan fingerprint density at radius 1 is 1.44 bits per heavy atom. The van der Waals surface area contributed by atoms with Crippen molar-refractivity contribution < 1.29 is 14.3 Å². The molecule has 1 aromatic rings. The zero-order chi connectivity index (χ0) is 13.5. The number of hydrogen-bond acceptors (Lipinski definition) is 3. The van der Waals surface area contributed by atoms with E-state index in [1.807, 2.05) is 0 Å². The zero-order valence-electron chi connectivity index (χ0n) is 10.00. The zero-order valence-corrected chi connectivity index (χ0v) is 11.5. The third-order valence-electron chi connectivity index (χ3n) is 1.90. The molecule has 5 heteroatoms. The van der Waals surface area contributed by atoms with Gasteiger partial charge in [0, 0.05) is 5.02 Å². The van der Waals surface area contributed by atoms with Crippen LogP contribution >= 0.6 is 23.2 Å². The molecular formula is C13H12Cl2O3. The van der Waals surface area contributed by atoms with E-state index in [0.717, 1.165) is 0 Å². The first-order valence-electron chi connectivity index (χ1n) is 5.22. The molecule has 0 saturated carbocycles. The standard InChI is InChI=1S/C13H12Cl2O3/c1-3-4-9(2)18-13(16)8-17-12-6-5-10(14)7-11(12)15/h5-7,9H,8H2,1-2H3. The van der Waals surface area contributed by atoms with Crippen LogP contribution in [0.4, 0.5) is 0 Å². The number of rotatable bonds is 4. The molecule has 0 spiro atoms. The largest absolute Gasteiger partial charge is 0.480 e. The van der Waals surface area contributed by atoms with Crippen molar-refractivity contribution in [1.82, 2.24) is 0 Å². The summed E-state index contributed by atoms with van der Waals surface area (Å²) in [6, 6.07) is 4.75. The molecule has 0 aliphatic heterocycles. The highest BCUT2D eigenvalue weighted by molar-refractivity contribution is 6.35. The lowest BCUT2D eigenvalue weighted by Gasteiger charge is -2.09. The van der Waals surface area contributed by atoms with Crippen molar-refractivity contribution in [3.05, 3.63) is 28.2 Å². The van der Waals surface area contributed by atoms with Gasteiger partial charge in [-0.2, -0.15) is 0 Å². The van der Waals surface area contributed by atoms with Crippen LogP contribution in [0.25, 0.3) is 0 Å². The summed E-state index contributed by atoms with van der Waals surface area (Å²) in [7, 11) is 0. The smallest absolute Gasteiger partial charge is 0.345 e. The van der Waals surface area contributed by atoms with E-state index in [1.165, 1.54) is 6.07 Å². The maximum Gasteiger partial charge on any atom is 0.345 e. The normalized spacial score (nSPS) is 11.1. The first kappa shape index (κ1) is 14.7. The molecule has 0 heterocycles. The Bertz CT molecular complexity index is 489. The Morgan fingerprint density at radius 2 is 2.17 bits per heavy atom. The van der Waals surface area contributed by atoms with Gasteiger partial charge in [-0.15, -0.1) is 5.92 Å². The van der Waals surface area contributed by atoms with Gasteiger partial charge in [0.15, 0.2) is 12.7 Å². The van der Waals surface area contributed by atoms with E-state index in [4.69, 9.17) is 32.7 Å². The van der Waals surface area contributed by atoms with Gasteiger partial charge < -0.3 is 9.47 Å². The molecular weight excluding hydrogens is 275 g/mol. The Morgan fingerprint density at radius 3 is 2.78 bits per heavy atom. The SMILES string of the molecule is CC#CC(C)OC(=O)COc1ccc(Cl)cc1Cl. The highest BCUT2D eigenvalue weighted by Gasteiger charge is 2.09. The molecule has 96 valence electrons. The van der Waals surface area contributed by atoms with Crippen LogP contribution in [0.5, 0.6) is 5.75 Å². The number of carbonyl (C=O) groups is 1. The maximum absolute atomic E-state index is 11.4. The number of hydrogen-bond donors (Lipinski definition) is 0.